The number of thioether (sulfide) groups is 1. The zero-order valence-corrected chi connectivity index (χ0v) is 15.5. The lowest BCUT2D eigenvalue weighted by Gasteiger charge is -2.10. The Hall–Kier alpha value is -2.79. The van der Waals surface area contributed by atoms with E-state index in [9.17, 15) is 18.0 Å². The molecule has 0 atom stereocenters. The van der Waals surface area contributed by atoms with Gasteiger partial charge >= 0.3 is 6.18 Å². The summed E-state index contributed by atoms with van der Waals surface area (Å²) >= 11 is 6.77. The summed E-state index contributed by atoms with van der Waals surface area (Å²) in [4.78, 5) is 15.6. The zero-order chi connectivity index (χ0) is 20.3. The van der Waals surface area contributed by atoms with Gasteiger partial charge < -0.3 is 11.2 Å². The third kappa shape index (κ3) is 4.54. The molecular formula is C16H12ClF3N6OS. The fraction of sp³-hybridized carbons (Fsp3) is 0.125. The number of alkyl halides is 3. The van der Waals surface area contributed by atoms with Crippen LogP contribution in [0.3, 0.4) is 0 Å². The largest absolute Gasteiger partial charge is 0.417 e. The molecule has 0 saturated carbocycles. The Morgan fingerprint density at radius 1 is 1.25 bits per heavy atom. The van der Waals surface area contributed by atoms with Crippen molar-refractivity contribution in [2.45, 2.75) is 11.3 Å². The minimum Gasteiger partial charge on any atom is -0.335 e. The maximum absolute atomic E-state index is 12.6. The molecule has 146 valence electrons. The molecule has 2 heterocycles. The Labute approximate surface area is 166 Å². The number of carbonyl (C=O) groups excluding carboxylic acids is 1. The van der Waals surface area contributed by atoms with Gasteiger partial charge in [-0.05, 0) is 6.07 Å². The van der Waals surface area contributed by atoms with Crippen molar-refractivity contribution in [3.63, 3.8) is 0 Å². The van der Waals surface area contributed by atoms with Gasteiger partial charge in [0.05, 0.1) is 16.3 Å². The highest BCUT2D eigenvalue weighted by atomic mass is 35.5. The van der Waals surface area contributed by atoms with Crippen molar-refractivity contribution in [2.75, 3.05) is 16.9 Å². The SMILES string of the molecule is Nn1c(SCC(=O)Nc2ncc(C(F)(F)F)cc2Cl)nnc1-c1ccccc1. The van der Waals surface area contributed by atoms with Crippen molar-refractivity contribution in [3.05, 3.63) is 53.2 Å². The number of nitrogens with two attached hydrogens (primary N) is 1. The average Bonchev–Trinajstić information content (AvgIpc) is 3.02. The van der Waals surface area contributed by atoms with Crippen LogP contribution < -0.4 is 11.2 Å². The highest BCUT2D eigenvalue weighted by molar-refractivity contribution is 7.99. The molecule has 28 heavy (non-hydrogen) atoms. The molecule has 0 saturated heterocycles. The number of pyridine rings is 1. The second-order valence-electron chi connectivity index (χ2n) is 5.43. The third-order valence-corrected chi connectivity index (χ3v) is 4.69. The first-order chi connectivity index (χ1) is 13.3. The lowest BCUT2D eigenvalue weighted by molar-refractivity contribution is -0.137. The Kier molecular flexibility index (Phi) is 5.75. The van der Waals surface area contributed by atoms with Crippen molar-refractivity contribution in [1.29, 1.82) is 0 Å². The minimum atomic E-state index is -4.57. The van der Waals surface area contributed by atoms with Gasteiger partial charge in [0.25, 0.3) is 0 Å². The van der Waals surface area contributed by atoms with E-state index in [1.807, 2.05) is 30.3 Å². The predicted octanol–water partition coefficient (Wildman–Crippen LogP) is 3.46. The predicted molar refractivity (Wildman–Crippen MR) is 99.2 cm³/mol. The molecule has 3 aromatic rings. The number of carbonyl (C=O) groups is 1. The van der Waals surface area contributed by atoms with Gasteiger partial charge in [0.15, 0.2) is 11.6 Å². The molecule has 3 rings (SSSR count). The smallest absolute Gasteiger partial charge is 0.335 e. The molecule has 0 aliphatic heterocycles. The highest BCUT2D eigenvalue weighted by Crippen LogP contribution is 2.32. The van der Waals surface area contributed by atoms with Crippen LogP contribution in [-0.2, 0) is 11.0 Å². The van der Waals surface area contributed by atoms with Gasteiger partial charge in [-0.2, -0.15) is 13.2 Å². The van der Waals surface area contributed by atoms with Gasteiger partial charge in [-0.1, -0.05) is 53.7 Å². The summed E-state index contributed by atoms with van der Waals surface area (Å²) in [5, 5.41) is 10.2. The first-order valence-corrected chi connectivity index (χ1v) is 9.03. The van der Waals surface area contributed by atoms with Gasteiger partial charge in [-0.3, -0.25) is 4.79 Å². The fourth-order valence-corrected chi connectivity index (χ4v) is 3.01. The van der Waals surface area contributed by atoms with Crippen LogP contribution >= 0.6 is 23.4 Å². The third-order valence-electron chi connectivity index (χ3n) is 3.46. The van der Waals surface area contributed by atoms with Crippen molar-refractivity contribution in [1.82, 2.24) is 19.9 Å². The normalized spacial score (nSPS) is 11.4. The fourth-order valence-electron chi connectivity index (χ4n) is 2.14. The van der Waals surface area contributed by atoms with Crippen LogP contribution in [0.1, 0.15) is 5.56 Å². The summed E-state index contributed by atoms with van der Waals surface area (Å²) < 4.78 is 39.1. The number of nitrogens with zero attached hydrogens (tertiary/aromatic N) is 4. The molecule has 7 nitrogen and oxygen atoms in total. The molecule has 0 spiro atoms. The van der Waals surface area contributed by atoms with E-state index in [4.69, 9.17) is 17.4 Å². The number of aromatic nitrogens is 4. The van der Waals surface area contributed by atoms with Gasteiger partial charge in [0, 0.05) is 11.8 Å². The molecule has 0 aliphatic rings. The van der Waals surface area contributed by atoms with E-state index in [2.05, 4.69) is 20.5 Å². The molecule has 1 amide bonds. The van der Waals surface area contributed by atoms with E-state index in [-0.39, 0.29) is 16.6 Å². The Morgan fingerprint density at radius 2 is 1.96 bits per heavy atom. The lowest BCUT2D eigenvalue weighted by Crippen LogP contribution is -2.17. The van der Waals surface area contributed by atoms with Gasteiger partial charge in [-0.15, -0.1) is 10.2 Å². The quantitative estimate of drug-likeness (QED) is 0.477. The number of rotatable bonds is 5. The van der Waals surface area contributed by atoms with Crippen LogP contribution in [0.15, 0.2) is 47.8 Å². The minimum absolute atomic E-state index is 0.122. The van der Waals surface area contributed by atoms with Crippen LogP contribution in [0.4, 0.5) is 19.0 Å². The van der Waals surface area contributed by atoms with E-state index in [1.165, 1.54) is 4.68 Å². The van der Waals surface area contributed by atoms with Crippen LogP contribution in [-0.4, -0.2) is 31.5 Å². The summed E-state index contributed by atoms with van der Waals surface area (Å²) in [6.45, 7) is 0. The van der Waals surface area contributed by atoms with Gasteiger partial charge in [0.1, 0.15) is 0 Å². The number of hydrogen-bond acceptors (Lipinski definition) is 6. The number of nitrogens with one attached hydrogen (secondary N) is 1. The Balaban J connectivity index is 1.63. The first kappa shape index (κ1) is 20.0. The van der Waals surface area contributed by atoms with Gasteiger partial charge in [0.2, 0.25) is 11.1 Å². The summed E-state index contributed by atoms with van der Waals surface area (Å²) in [7, 11) is 0. The number of benzene rings is 1. The summed E-state index contributed by atoms with van der Waals surface area (Å²) in [6, 6.07) is 9.82. The number of nitrogen functional groups attached to an aromatic ring is 1. The van der Waals surface area contributed by atoms with Gasteiger partial charge in [-0.25, -0.2) is 9.66 Å². The maximum Gasteiger partial charge on any atom is 0.417 e. The van der Waals surface area contributed by atoms with E-state index in [0.29, 0.717) is 23.2 Å². The Morgan fingerprint density at radius 3 is 2.61 bits per heavy atom. The standard InChI is InChI=1S/C16H12ClF3N6OS/c17-11-6-10(16(18,19)20)7-22-13(11)23-12(27)8-28-15-25-24-14(26(15)21)9-4-2-1-3-5-9/h1-7H,8,21H2,(H,22,23,27). The molecule has 3 N–H and O–H groups in total. The van der Waals surface area contributed by atoms with Crippen LogP contribution in [0.5, 0.6) is 0 Å². The Bertz CT molecular complexity index is 996. The molecular weight excluding hydrogens is 417 g/mol. The monoisotopic (exact) mass is 428 g/mol. The van der Waals surface area contributed by atoms with Crippen molar-refractivity contribution < 1.29 is 18.0 Å². The molecule has 0 fully saturated rings. The lowest BCUT2D eigenvalue weighted by atomic mass is 10.2. The number of anilines is 1. The average molecular weight is 429 g/mol. The van der Waals surface area contributed by atoms with E-state index in [1.54, 1.807) is 0 Å². The van der Waals surface area contributed by atoms with E-state index < -0.39 is 17.6 Å². The summed E-state index contributed by atoms with van der Waals surface area (Å²) in [6.07, 6.45) is -3.98. The number of hydrogen-bond donors (Lipinski definition) is 2. The highest BCUT2D eigenvalue weighted by Gasteiger charge is 2.31. The molecule has 0 bridgehead atoms. The second kappa shape index (κ2) is 8.07. The van der Waals surface area contributed by atoms with Crippen molar-refractivity contribution in [3.8, 4) is 11.4 Å². The van der Waals surface area contributed by atoms with Crippen molar-refractivity contribution >= 4 is 35.1 Å². The maximum atomic E-state index is 12.6. The van der Waals surface area contributed by atoms with Crippen molar-refractivity contribution in [2.24, 2.45) is 0 Å². The van der Waals surface area contributed by atoms with Crippen LogP contribution in [0.2, 0.25) is 5.02 Å². The van der Waals surface area contributed by atoms with E-state index >= 15 is 0 Å². The first-order valence-electron chi connectivity index (χ1n) is 7.67. The van der Waals surface area contributed by atoms with Crippen LogP contribution in [0, 0.1) is 0 Å². The molecule has 0 unspecified atom stereocenters. The number of amides is 1. The van der Waals surface area contributed by atoms with Crippen LogP contribution in [0.25, 0.3) is 11.4 Å². The topological polar surface area (TPSA) is 98.7 Å². The molecule has 12 heteroatoms. The zero-order valence-electron chi connectivity index (χ0n) is 13.9. The molecule has 0 radical (unpaired) electrons. The summed E-state index contributed by atoms with van der Waals surface area (Å²) in [5.74, 6) is 5.55. The van der Waals surface area contributed by atoms with E-state index in [0.717, 1.165) is 17.3 Å². The number of halogens is 4. The molecule has 0 aliphatic carbocycles. The molecule has 1 aromatic carbocycles. The molecule has 2 aromatic heterocycles. The second-order valence-corrected chi connectivity index (χ2v) is 6.78. The summed E-state index contributed by atoms with van der Waals surface area (Å²) in [5.41, 5.74) is -0.246.